The lowest BCUT2D eigenvalue weighted by atomic mass is 10.0. The minimum absolute atomic E-state index is 0.117. The van der Waals surface area contributed by atoms with Crippen LogP contribution in [0.5, 0.6) is 11.5 Å². The second-order valence-electron chi connectivity index (χ2n) is 5.63. The number of carboxylic acid groups (broad SMARTS) is 1. The molecule has 1 unspecified atom stereocenters. The summed E-state index contributed by atoms with van der Waals surface area (Å²) in [6, 6.07) is 11.2. The second kappa shape index (κ2) is 9.10. The fraction of sp³-hybridized carbons (Fsp3) is 0.263. The Morgan fingerprint density at radius 3 is 2.38 bits per heavy atom. The van der Waals surface area contributed by atoms with Crippen LogP contribution >= 0.6 is 11.6 Å². The van der Waals surface area contributed by atoms with Crippen molar-refractivity contribution in [2.45, 2.75) is 18.9 Å². The lowest BCUT2D eigenvalue weighted by Gasteiger charge is -2.20. The first-order chi connectivity index (χ1) is 12.4. The van der Waals surface area contributed by atoms with E-state index in [0.29, 0.717) is 22.1 Å². The molecule has 0 spiro atoms. The number of halogens is 1. The van der Waals surface area contributed by atoms with E-state index in [2.05, 4.69) is 5.32 Å². The van der Waals surface area contributed by atoms with Crippen molar-refractivity contribution in [1.29, 1.82) is 0 Å². The van der Waals surface area contributed by atoms with Gasteiger partial charge >= 0.3 is 5.97 Å². The molecule has 0 saturated carbocycles. The van der Waals surface area contributed by atoms with E-state index in [4.69, 9.17) is 21.1 Å². The van der Waals surface area contributed by atoms with Crippen molar-refractivity contribution < 1.29 is 24.2 Å². The lowest BCUT2D eigenvalue weighted by molar-refractivity contribution is -0.137. The first kappa shape index (κ1) is 19.6. The Bertz CT molecular complexity index is 776. The number of nitrogens with one attached hydrogen (secondary N) is 1. The average molecular weight is 378 g/mol. The maximum atomic E-state index is 12.4. The van der Waals surface area contributed by atoms with E-state index >= 15 is 0 Å². The van der Waals surface area contributed by atoms with Gasteiger partial charge in [-0.25, -0.2) is 0 Å². The minimum atomic E-state index is -1.03. The van der Waals surface area contributed by atoms with Crippen molar-refractivity contribution in [2.75, 3.05) is 14.2 Å². The fourth-order valence-corrected chi connectivity index (χ4v) is 2.68. The Morgan fingerprint density at radius 1 is 1.12 bits per heavy atom. The number of carboxylic acids is 1. The summed E-state index contributed by atoms with van der Waals surface area (Å²) in [5.74, 6) is -0.300. The van der Waals surface area contributed by atoms with Crippen molar-refractivity contribution >= 4 is 23.5 Å². The van der Waals surface area contributed by atoms with Crippen LogP contribution in [0.15, 0.2) is 42.5 Å². The van der Waals surface area contributed by atoms with Gasteiger partial charge in [-0.3, -0.25) is 9.59 Å². The summed E-state index contributed by atoms with van der Waals surface area (Å²) >= 11 is 5.84. The molecule has 1 amide bonds. The number of carbonyl (C=O) groups is 2. The number of rotatable bonds is 8. The maximum Gasteiger partial charge on any atom is 0.305 e. The molecule has 0 aliphatic heterocycles. The molecule has 26 heavy (non-hydrogen) atoms. The molecule has 138 valence electrons. The highest BCUT2D eigenvalue weighted by Gasteiger charge is 2.22. The number of methoxy groups -OCH3 is 2. The van der Waals surface area contributed by atoms with Crippen molar-refractivity contribution in [3.8, 4) is 11.5 Å². The molecule has 0 bridgehead atoms. The Hall–Kier alpha value is -2.73. The summed E-state index contributed by atoms with van der Waals surface area (Å²) in [4.78, 5) is 23.6. The topological polar surface area (TPSA) is 84.9 Å². The van der Waals surface area contributed by atoms with Gasteiger partial charge in [0.05, 0.1) is 33.1 Å². The largest absolute Gasteiger partial charge is 0.497 e. The van der Waals surface area contributed by atoms with Crippen LogP contribution in [0.1, 0.15) is 23.6 Å². The molecule has 2 aromatic rings. The Kier molecular flexibility index (Phi) is 6.86. The van der Waals surface area contributed by atoms with Gasteiger partial charge in [0.1, 0.15) is 11.5 Å². The molecule has 0 aliphatic rings. The molecule has 6 nitrogen and oxygen atoms in total. The van der Waals surface area contributed by atoms with Crippen molar-refractivity contribution in [3.05, 3.63) is 58.6 Å². The smallest absolute Gasteiger partial charge is 0.305 e. The van der Waals surface area contributed by atoms with Gasteiger partial charge in [-0.05, 0) is 29.8 Å². The van der Waals surface area contributed by atoms with Crippen LogP contribution in [0.3, 0.4) is 0 Å². The summed E-state index contributed by atoms with van der Waals surface area (Å²) < 4.78 is 10.5. The highest BCUT2D eigenvalue weighted by atomic mass is 35.5. The van der Waals surface area contributed by atoms with Gasteiger partial charge in [-0.15, -0.1) is 0 Å². The molecular formula is C19H20ClNO5. The van der Waals surface area contributed by atoms with Gasteiger partial charge < -0.3 is 19.9 Å². The SMILES string of the molecule is COc1ccc(C(CC(=O)O)NC(=O)Cc2ccc(Cl)cc2)c(OC)c1. The molecule has 0 heterocycles. The molecule has 7 heteroatoms. The Labute approximate surface area is 156 Å². The van der Waals surface area contributed by atoms with Gasteiger partial charge in [0.25, 0.3) is 0 Å². The molecule has 2 aromatic carbocycles. The van der Waals surface area contributed by atoms with Crippen LogP contribution in [0.25, 0.3) is 0 Å². The van der Waals surface area contributed by atoms with Crippen molar-refractivity contribution in [1.82, 2.24) is 5.32 Å². The molecular weight excluding hydrogens is 358 g/mol. The van der Waals surface area contributed by atoms with Crippen LogP contribution in [-0.4, -0.2) is 31.2 Å². The van der Waals surface area contributed by atoms with Crippen LogP contribution in [-0.2, 0) is 16.0 Å². The van der Waals surface area contributed by atoms with Crippen molar-refractivity contribution in [3.63, 3.8) is 0 Å². The van der Waals surface area contributed by atoms with Gasteiger partial charge in [-0.2, -0.15) is 0 Å². The number of hydrogen-bond acceptors (Lipinski definition) is 4. The Balaban J connectivity index is 2.20. The van der Waals surface area contributed by atoms with Crippen LogP contribution in [0.2, 0.25) is 5.02 Å². The maximum absolute atomic E-state index is 12.4. The third-order valence-electron chi connectivity index (χ3n) is 3.81. The summed E-state index contributed by atoms with van der Waals surface area (Å²) in [5.41, 5.74) is 1.35. The van der Waals surface area contributed by atoms with Gasteiger partial charge in [-0.1, -0.05) is 23.7 Å². The zero-order valence-electron chi connectivity index (χ0n) is 14.5. The summed E-state index contributed by atoms with van der Waals surface area (Å²) in [5, 5.41) is 12.6. The van der Waals surface area contributed by atoms with E-state index in [1.165, 1.54) is 14.2 Å². The number of benzene rings is 2. The van der Waals surface area contributed by atoms with Gasteiger partial charge in [0.15, 0.2) is 0 Å². The van der Waals surface area contributed by atoms with E-state index in [0.717, 1.165) is 5.56 Å². The number of hydrogen-bond donors (Lipinski definition) is 2. The molecule has 0 radical (unpaired) electrons. The first-order valence-electron chi connectivity index (χ1n) is 7.90. The molecule has 2 rings (SSSR count). The monoisotopic (exact) mass is 377 g/mol. The summed E-state index contributed by atoms with van der Waals surface area (Å²) in [7, 11) is 3.00. The number of carbonyl (C=O) groups excluding carboxylic acids is 1. The molecule has 1 atom stereocenters. The van der Waals surface area contributed by atoms with E-state index in [9.17, 15) is 14.7 Å². The molecule has 0 saturated heterocycles. The zero-order chi connectivity index (χ0) is 19.1. The standard InChI is InChI=1S/C19H20ClNO5/c1-25-14-7-8-15(17(10-14)26-2)16(11-19(23)24)21-18(22)9-12-3-5-13(20)6-4-12/h3-8,10,16H,9,11H2,1-2H3,(H,21,22)(H,23,24). The quantitative estimate of drug-likeness (QED) is 0.737. The predicted octanol–water partition coefficient (Wildman–Crippen LogP) is 3.23. The van der Waals surface area contributed by atoms with E-state index < -0.39 is 12.0 Å². The van der Waals surface area contributed by atoms with Crippen LogP contribution < -0.4 is 14.8 Å². The zero-order valence-corrected chi connectivity index (χ0v) is 15.2. The normalized spacial score (nSPS) is 11.5. The van der Waals surface area contributed by atoms with Crippen LogP contribution in [0, 0.1) is 0 Å². The third-order valence-corrected chi connectivity index (χ3v) is 4.06. The highest BCUT2D eigenvalue weighted by Crippen LogP contribution is 2.31. The number of aliphatic carboxylic acids is 1. The van der Waals surface area contributed by atoms with E-state index in [1.54, 1.807) is 42.5 Å². The highest BCUT2D eigenvalue weighted by molar-refractivity contribution is 6.30. The molecule has 0 aromatic heterocycles. The van der Waals surface area contributed by atoms with E-state index in [-0.39, 0.29) is 18.7 Å². The van der Waals surface area contributed by atoms with E-state index in [1.807, 2.05) is 0 Å². The Morgan fingerprint density at radius 2 is 1.81 bits per heavy atom. The van der Waals surface area contributed by atoms with Crippen LogP contribution in [0.4, 0.5) is 0 Å². The molecule has 0 fully saturated rings. The average Bonchev–Trinajstić information content (AvgIpc) is 2.62. The molecule has 0 aliphatic carbocycles. The van der Waals surface area contributed by atoms with Gasteiger partial charge in [0.2, 0.25) is 5.91 Å². The van der Waals surface area contributed by atoms with Crippen molar-refractivity contribution in [2.24, 2.45) is 0 Å². The number of ether oxygens (including phenoxy) is 2. The second-order valence-corrected chi connectivity index (χ2v) is 6.07. The minimum Gasteiger partial charge on any atom is -0.497 e. The fourth-order valence-electron chi connectivity index (χ4n) is 2.55. The van der Waals surface area contributed by atoms with Gasteiger partial charge in [0, 0.05) is 16.7 Å². The predicted molar refractivity (Wildman–Crippen MR) is 97.8 cm³/mol. The lowest BCUT2D eigenvalue weighted by Crippen LogP contribution is -2.31. The summed E-state index contributed by atoms with van der Waals surface area (Å²) in [6.45, 7) is 0. The number of amides is 1. The summed E-state index contributed by atoms with van der Waals surface area (Å²) in [6.07, 6.45) is -0.152. The first-order valence-corrected chi connectivity index (χ1v) is 8.28. The third kappa shape index (κ3) is 5.39. The molecule has 2 N–H and O–H groups in total.